The summed E-state index contributed by atoms with van der Waals surface area (Å²) >= 11 is 0. The van der Waals surface area contributed by atoms with Gasteiger partial charge in [0.25, 0.3) is 5.56 Å². The molecule has 0 saturated carbocycles. The SMILES string of the molecule is O=C(O)c1ccc(=O)n(-c2cc(F)c(F)cc2F)c1. The number of hydrogen-bond donors (Lipinski definition) is 1. The van der Waals surface area contributed by atoms with E-state index >= 15 is 0 Å². The summed E-state index contributed by atoms with van der Waals surface area (Å²) < 4.78 is 40.0. The Morgan fingerprint density at radius 1 is 1.05 bits per heavy atom. The topological polar surface area (TPSA) is 59.3 Å². The second kappa shape index (κ2) is 4.60. The molecule has 0 amide bonds. The van der Waals surface area contributed by atoms with Crippen molar-refractivity contribution in [1.29, 1.82) is 0 Å². The minimum Gasteiger partial charge on any atom is -0.478 e. The van der Waals surface area contributed by atoms with Crippen LogP contribution in [0.4, 0.5) is 13.2 Å². The molecule has 1 N–H and O–H groups in total. The number of carboxylic acid groups (broad SMARTS) is 1. The third-order valence-electron chi connectivity index (χ3n) is 2.41. The molecule has 0 radical (unpaired) electrons. The molecule has 0 aliphatic heterocycles. The number of aromatic carboxylic acids is 1. The second-order valence-electron chi connectivity index (χ2n) is 3.65. The van der Waals surface area contributed by atoms with Crippen molar-refractivity contribution in [2.24, 2.45) is 0 Å². The van der Waals surface area contributed by atoms with Gasteiger partial charge in [0.2, 0.25) is 0 Å². The Morgan fingerprint density at radius 3 is 2.32 bits per heavy atom. The first kappa shape index (κ1) is 12.9. The van der Waals surface area contributed by atoms with Crippen molar-refractivity contribution >= 4 is 5.97 Å². The predicted octanol–water partition coefficient (Wildman–Crippen LogP) is 1.95. The highest BCUT2D eigenvalue weighted by Gasteiger charge is 2.14. The van der Waals surface area contributed by atoms with Crippen LogP contribution in [0.3, 0.4) is 0 Å². The number of pyridine rings is 1. The zero-order chi connectivity index (χ0) is 14.2. The van der Waals surface area contributed by atoms with Crippen molar-refractivity contribution in [1.82, 2.24) is 4.57 Å². The van der Waals surface area contributed by atoms with E-state index in [2.05, 4.69) is 0 Å². The molecule has 0 aliphatic carbocycles. The minimum absolute atomic E-state index is 0.282. The number of aromatic nitrogens is 1. The molecule has 0 spiro atoms. The highest BCUT2D eigenvalue weighted by molar-refractivity contribution is 5.87. The zero-order valence-electron chi connectivity index (χ0n) is 9.23. The standard InChI is InChI=1S/C12H6F3NO3/c13-7-3-9(15)10(4-8(7)14)16-5-6(12(18)19)1-2-11(16)17/h1-5H,(H,18,19). The molecule has 0 bridgehead atoms. The van der Waals surface area contributed by atoms with Crippen LogP contribution < -0.4 is 5.56 Å². The Balaban J connectivity index is 2.71. The third kappa shape index (κ3) is 2.35. The van der Waals surface area contributed by atoms with E-state index in [0.717, 1.165) is 18.3 Å². The molecule has 2 rings (SSSR count). The Morgan fingerprint density at radius 2 is 1.68 bits per heavy atom. The smallest absolute Gasteiger partial charge is 0.337 e. The summed E-state index contributed by atoms with van der Waals surface area (Å²) in [4.78, 5) is 22.3. The van der Waals surface area contributed by atoms with Crippen LogP contribution in [0.25, 0.3) is 5.69 Å². The van der Waals surface area contributed by atoms with Gasteiger partial charge >= 0.3 is 5.97 Å². The average molecular weight is 269 g/mol. The van der Waals surface area contributed by atoms with Gasteiger partial charge < -0.3 is 5.11 Å². The Kier molecular flexibility index (Phi) is 3.12. The number of rotatable bonds is 2. The fraction of sp³-hybridized carbons (Fsp3) is 0. The number of hydrogen-bond acceptors (Lipinski definition) is 2. The van der Waals surface area contributed by atoms with Crippen LogP contribution in [0.1, 0.15) is 10.4 Å². The quantitative estimate of drug-likeness (QED) is 0.848. The van der Waals surface area contributed by atoms with Crippen molar-refractivity contribution in [3.05, 3.63) is 63.8 Å². The lowest BCUT2D eigenvalue weighted by atomic mass is 10.2. The molecular formula is C12H6F3NO3. The Bertz CT molecular complexity index is 725. The van der Waals surface area contributed by atoms with E-state index in [1.165, 1.54) is 0 Å². The van der Waals surface area contributed by atoms with E-state index < -0.39 is 34.7 Å². The summed E-state index contributed by atoms with van der Waals surface area (Å²) in [6.45, 7) is 0. The maximum Gasteiger partial charge on any atom is 0.337 e. The lowest BCUT2D eigenvalue weighted by Gasteiger charge is -2.08. The maximum absolute atomic E-state index is 13.5. The van der Waals surface area contributed by atoms with Crippen LogP contribution in [0.15, 0.2) is 35.3 Å². The van der Waals surface area contributed by atoms with Gasteiger partial charge in [-0.15, -0.1) is 0 Å². The molecule has 1 aromatic carbocycles. The zero-order valence-corrected chi connectivity index (χ0v) is 9.23. The largest absolute Gasteiger partial charge is 0.478 e. The molecule has 98 valence electrons. The monoisotopic (exact) mass is 269 g/mol. The average Bonchev–Trinajstić information content (AvgIpc) is 2.34. The number of benzene rings is 1. The van der Waals surface area contributed by atoms with Crippen molar-refractivity contribution in [3.63, 3.8) is 0 Å². The maximum atomic E-state index is 13.5. The van der Waals surface area contributed by atoms with E-state index in [1.807, 2.05) is 0 Å². The van der Waals surface area contributed by atoms with Crippen LogP contribution >= 0.6 is 0 Å². The molecular weight excluding hydrogens is 263 g/mol. The van der Waals surface area contributed by atoms with Crippen molar-refractivity contribution in [2.75, 3.05) is 0 Å². The molecule has 0 fully saturated rings. The lowest BCUT2D eigenvalue weighted by Crippen LogP contribution is -2.19. The van der Waals surface area contributed by atoms with Crippen LogP contribution in [-0.2, 0) is 0 Å². The Hall–Kier alpha value is -2.57. The van der Waals surface area contributed by atoms with Gasteiger partial charge in [0.05, 0.1) is 11.3 Å². The molecule has 19 heavy (non-hydrogen) atoms. The summed E-state index contributed by atoms with van der Waals surface area (Å²) in [5.74, 6) is -5.26. The lowest BCUT2D eigenvalue weighted by molar-refractivity contribution is 0.0696. The number of carbonyl (C=O) groups is 1. The van der Waals surface area contributed by atoms with Crippen LogP contribution in [-0.4, -0.2) is 15.6 Å². The van der Waals surface area contributed by atoms with E-state index in [1.54, 1.807) is 0 Å². The normalized spacial score (nSPS) is 10.5. The first-order chi connectivity index (χ1) is 8.90. The molecule has 1 heterocycles. The predicted molar refractivity (Wildman–Crippen MR) is 58.9 cm³/mol. The third-order valence-corrected chi connectivity index (χ3v) is 2.41. The van der Waals surface area contributed by atoms with Crippen LogP contribution in [0, 0.1) is 17.5 Å². The van der Waals surface area contributed by atoms with E-state index in [-0.39, 0.29) is 11.6 Å². The Labute approximate surface area is 104 Å². The van der Waals surface area contributed by atoms with Gasteiger partial charge in [0.15, 0.2) is 11.6 Å². The summed E-state index contributed by atoms with van der Waals surface area (Å²) in [6.07, 6.45) is 0.834. The van der Waals surface area contributed by atoms with Gasteiger partial charge in [-0.1, -0.05) is 0 Å². The van der Waals surface area contributed by atoms with E-state index in [4.69, 9.17) is 5.11 Å². The molecule has 0 aliphatic rings. The number of nitrogens with zero attached hydrogens (tertiary/aromatic N) is 1. The number of carboxylic acids is 1. The van der Waals surface area contributed by atoms with Crippen LogP contribution in [0.5, 0.6) is 0 Å². The first-order valence-electron chi connectivity index (χ1n) is 5.01. The minimum atomic E-state index is -1.40. The van der Waals surface area contributed by atoms with Crippen molar-refractivity contribution in [2.45, 2.75) is 0 Å². The first-order valence-corrected chi connectivity index (χ1v) is 5.01. The molecule has 4 nitrogen and oxygen atoms in total. The van der Waals surface area contributed by atoms with Gasteiger partial charge in [-0.25, -0.2) is 18.0 Å². The molecule has 0 atom stereocenters. The van der Waals surface area contributed by atoms with Gasteiger partial charge in [-0.05, 0) is 6.07 Å². The summed E-state index contributed by atoms with van der Waals surface area (Å²) in [7, 11) is 0. The van der Waals surface area contributed by atoms with Crippen molar-refractivity contribution < 1.29 is 23.1 Å². The molecule has 7 heteroatoms. The molecule has 0 unspecified atom stereocenters. The second-order valence-corrected chi connectivity index (χ2v) is 3.65. The number of halogens is 3. The summed E-state index contributed by atoms with van der Waals surface area (Å²) in [6, 6.07) is 2.69. The highest BCUT2D eigenvalue weighted by Crippen LogP contribution is 2.16. The van der Waals surface area contributed by atoms with Crippen molar-refractivity contribution in [3.8, 4) is 5.69 Å². The fourth-order valence-electron chi connectivity index (χ4n) is 1.50. The fourth-order valence-corrected chi connectivity index (χ4v) is 1.50. The van der Waals surface area contributed by atoms with Gasteiger partial charge in [-0.3, -0.25) is 9.36 Å². The van der Waals surface area contributed by atoms with Gasteiger partial charge in [-0.2, -0.15) is 0 Å². The van der Waals surface area contributed by atoms with Gasteiger partial charge in [0.1, 0.15) is 5.82 Å². The van der Waals surface area contributed by atoms with Crippen LogP contribution in [0.2, 0.25) is 0 Å². The van der Waals surface area contributed by atoms with E-state index in [9.17, 15) is 22.8 Å². The molecule has 0 saturated heterocycles. The van der Waals surface area contributed by atoms with E-state index in [0.29, 0.717) is 10.6 Å². The highest BCUT2D eigenvalue weighted by atomic mass is 19.2. The molecule has 1 aromatic heterocycles. The summed E-state index contributed by atoms with van der Waals surface area (Å²) in [5, 5.41) is 8.77. The molecule has 2 aromatic rings. The van der Waals surface area contributed by atoms with Gasteiger partial charge in [0, 0.05) is 24.4 Å². The summed E-state index contributed by atoms with van der Waals surface area (Å²) in [5.41, 5.74) is -1.62.